The Kier molecular flexibility index (Phi) is 3.74. The lowest BCUT2D eigenvalue weighted by molar-refractivity contribution is 0.202. The van der Waals surface area contributed by atoms with Crippen LogP contribution in [0, 0.1) is 5.82 Å². The van der Waals surface area contributed by atoms with Gasteiger partial charge in [-0.15, -0.1) is 5.10 Å². The number of alkyl halides is 1. The maximum Gasteiger partial charge on any atom is 0.123 e. The van der Waals surface area contributed by atoms with Crippen LogP contribution < -0.4 is 4.74 Å². The minimum atomic E-state index is -0.221. The molecule has 6 heteroatoms. The minimum Gasteiger partial charge on any atom is -0.488 e. The number of nitrogens with zero attached hydrogens (tertiary/aromatic N) is 3. The first-order valence-electron chi connectivity index (χ1n) is 6.65. The fraction of sp³-hybridized carbons (Fsp3) is 0.429. The predicted molar refractivity (Wildman–Crippen MR) is 76.5 cm³/mol. The third-order valence-corrected chi connectivity index (χ3v) is 4.51. The van der Waals surface area contributed by atoms with E-state index in [4.69, 9.17) is 4.74 Å². The van der Waals surface area contributed by atoms with Crippen molar-refractivity contribution in [1.29, 1.82) is 0 Å². The molecular weight excluding hydrogens is 325 g/mol. The van der Waals surface area contributed by atoms with Crippen LogP contribution in [0.25, 0.3) is 0 Å². The zero-order chi connectivity index (χ0) is 14.1. The van der Waals surface area contributed by atoms with Crippen LogP contribution in [-0.4, -0.2) is 21.1 Å². The monoisotopic (exact) mass is 339 g/mol. The molecule has 0 saturated carbocycles. The molecule has 1 aliphatic rings. The highest BCUT2D eigenvalue weighted by molar-refractivity contribution is 9.09. The van der Waals surface area contributed by atoms with Gasteiger partial charge in [-0.25, -0.2) is 9.07 Å². The van der Waals surface area contributed by atoms with Gasteiger partial charge in [0.2, 0.25) is 0 Å². The lowest BCUT2D eigenvalue weighted by Gasteiger charge is -2.09. The maximum atomic E-state index is 13.2. The minimum absolute atomic E-state index is 0.0169. The van der Waals surface area contributed by atoms with Crippen molar-refractivity contribution in [2.75, 3.05) is 0 Å². The van der Waals surface area contributed by atoms with Gasteiger partial charge >= 0.3 is 0 Å². The first-order chi connectivity index (χ1) is 9.65. The van der Waals surface area contributed by atoms with Crippen molar-refractivity contribution in [1.82, 2.24) is 15.0 Å². The second kappa shape index (κ2) is 5.52. The van der Waals surface area contributed by atoms with Crippen LogP contribution in [0.3, 0.4) is 0 Å². The molecule has 0 N–H and O–H groups in total. The summed E-state index contributed by atoms with van der Waals surface area (Å²) in [4.78, 5) is 0.229. The van der Waals surface area contributed by atoms with E-state index < -0.39 is 0 Å². The van der Waals surface area contributed by atoms with E-state index in [-0.39, 0.29) is 16.7 Å². The molecule has 20 heavy (non-hydrogen) atoms. The molecule has 0 fully saturated rings. The predicted octanol–water partition coefficient (Wildman–Crippen LogP) is 3.27. The molecule has 106 valence electrons. The maximum absolute atomic E-state index is 13.2. The molecule has 2 atom stereocenters. The fourth-order valence-electron chi connectivity index (χ4n) is 2.35. The van der Waals surface area contributed by atoms with Crippen molar-refractivity contribution in [2.24, 2.45) is 0 Å². The Morgan fingerprint density at radius 3 is 3.20 bits per heavy atom. The average Bonchev–Trinajstić information content (AvgIpc) is 3.04. The Bertz CT molecular complexity index is 616. The van der Waals surface area contributed by atoms with Gasteiger partial charge in [0.15, 0.2) is 0 Å². The van der Waals surface area contributed by atoms with E-state index >= 15 is 0 Å². The molecule has 0 bridgehead atoms. The zero-order valence-electron chi connectivity index (χ0n) is 11.1. The molecule has 0 aliphatic carbocycles. The van der Waals surface area contributed by atoms with E-state index in [2.05, 4.69) is 33.2 Å². The SMILES string of the molecule is CCC(Br)c1cn(CC2Cc3cc(F)ccc3O2)nn1. The van der Waals surface area contributed by atoms with Gasteiger partial charge in [0.25, 0.3) is 0 Å². The summed E-state index contributed by atoms with van der Waals surface area (Å²) < 4.78 is 20.7. The van der Waals surface area contributed by atoms with E-state index in [1.807, 2.05) is 6.20 Å². The topological polar surface area (TPSA) is 39.9 Å². The Morgan fingerprint density at radius 2 is 2.40 bits per heavy atom. The van der Waals surface area contributed by atoms with E-state index in [0.717, 1.165) is 23.4 Å². The Balaban J connectivity index is 1.67. The molecule has 0 spiro atoms. The summed E-state index contributed by atoms with van der Waals surface area (Å²) in [6.45, 7) is 2.70. The van der Waals surface area contributed by atoms with Gasteiger partial charge in [-0.3, -0.25) is 0 Å². The van der Waals surface area contributed by atoms with Gasteiger partial charge in [-0.2, -0.15) is 0 Å². The van der Waals surface area contributed by atoms with Crippen LogP contribution >= 0.6 is 15.9 Å². The van der Waals surface area contributed by atoms with Gasteiger partial charge < -0.3 is 4.74 Å². The molecule has 2 heterocycles. The van der Waals surface area contributed by atoms with E-state index in [1.54, 1.807) is 10.7 Å². The van der Waals surface area contributed by atoms with Crippen LogP contribution in [-0.2, 0) is 13.0 Å². The summed E-state index contributed by atoms with van der Waals surface area (Å²) >= 11 is 3.55. The van der Waals surface area contributed by atoms with Crippen molar-refractivity contribution in [3.8, 4) is 5.75 Å². The Hall–Kier alpha value is -1.43. The Morgan fingerprint density at radius 1 is 1.55 bits per heavy atom. The summed E-state index contributed by atoms with van der Waals surface area (Å²) in [6.07, 6.45) is 3.57. The number of ether oxygens (including phenoxy) is 1. The largest absolute Gasteiger partial charge is 0.488 e. The first-order valence-corrected chi connectivity index (χ1v) is 7.56. The number of hydrogen-bond donors (Lipinski definition) is 0. The molecule has 3 rings (SSSR count). The van der Waals surface area contributed by atoms with Crippen LogP contribution in [0.4, 0.5) is 4.39 Å². The van der Waals surface area contributed by atoms with Crippen molar-refractivity contribution in [3.63, 3.8) is 0 Å². The molecule has 0 radical (unpaired) electrons. The van der Waals surface area contributed by atoms with E-state index in [0.29, 0.717) is 13.0 Å². The number of aromatic nitrogens is 3. The number of rotatable bonds is 4. The van der Waals surface area contributed by atoms with Crippen molar-refractivity contribution >= 4 is 15.9 Å². The van der Waals surface area contributed by atoms with Crippen LogP contribution in [0.5, 0.6) is 5.75 Å². The van der Waals surface area contributed by atoms with Gasteiger partial charge in [0.1, 0.15) is 17.7 Å². The number of benzene rings is 1. The molecule has 0 saturated heterocycles. The summed E-state index contributed by atoms with van der Waals surface area (Å²) in [5.74, 6) is 0.546. The lowest BCUT2D eigenvalue weighted by atomic mass is 10.1. The highest BCUT2D eigenvalue weighted by Crippen LogP contribution is 2.30. The van der Waals surface area contributed by atoms with E-state index in [9.17, 15) is 4.39 Å². The second-order valence-electron chi connectivity index (χ2n) is 4.94. The molecule has 4 nitrogen and oxygen atoms in total. The molecular formula is C14H15BrFN3O. The molecule has 0 amide bonds. The normalized spacial score (nSPS) is 18.6. The van der Waals surface area contributed by atoms with Crippen LogP contribution in [0.2, 0.25) is 0 Å². The van der Waals surface area contributed by atoms with Crippen molar-refractivity contribution < 1.29 is 9.13 Å². The molecule has 1 aromatic carbocycles. The van der Waals surface area contributed by atoms with Gasteiger partial charge in [-0.05, 0) is 24.6 Å². The molecule has 2 aromatic rings. The van der Waals surface area contributed by atoms with Gasteiger partial charge in [0, 0.05) is 18.2 Å². The molecule has 1 aliphatic heterocycles. The van der Waals surface area contributed by atoms with Gasteiger partial charge in [-0.1, -0.05) is 28.1 Å². The van der Waals surface area contributed by atoms with Crippen LogP contribution in [0.15, 0.2) is 24.4 Å². The van der Waals surface area contributed by atoms with Gasteiger partial charge in [0.05, 0.1) is 17.1 Å². The smallest absolute Gasteiger partial charge is 0.123 e. The highest BCUT2D eigenvalue weighted by Gasteiger charge is 2.24. The summed E-state index contributed by atoms with van der Waals surface area (Å²) in [7, 11) is 0. The third-order valence-electron chi connectivity index (χ3n) is 3.39. The first kappa shape index (κ1) is 13.5. The number of hydrogen-bond acceptors (Lipinski definition) is 3. The van der Waals surface area contributed by atoms with Crippen LogP contribution in [0.1, 0.15) is 29.4 Å². The molecule has 2 unspecified atom stereocenters. The van der Waals surface area contributed by atoms with Crippen molar-refractivity contribution in [2.45, 2.75) is 37.2 Å². The number of halogens is 2. The molecule has 1 aromatic heterocycles. The second-order valence-corrected chi connectivity index (χ2v) is 6.04. The summed E-state index contributed by atoms with van der Waals surface area (Å²) in [5.41, 5.74) is 1.84. The standard InChI is InChI=1S/C14H15BrFN3O/c1-2-12(15)13-8-19(18-17-13)7-11-6-9-5-10(16)3-4-14(9)20-11/h3-5,8,11-12H,2,6-7H2,1H3. The Labute approximate surface area is 125 Å². The van der Waals surface area contributed by atoms with Crippen molar-refractivity contribution in [3.05, 3.63) is 41.5 Å². The summed E-state index contributed by atoms with van der Waals surface area (Å²) in [6, 6.07) is 4.64. The number of fused-ring (bicyclic) bond motifs is 1. The average molecular weight is 340 g/mol. The zero-order valence-corrected chi connectivity index (χ0v) is 12.7. The highest BCUT2D eigenvalue weighted by atomic mass is 79.9. The lowest BCUT2D eigenvalue weighted by Crippen LogP contribution is -2.21. The van der Waals surface area contributed by atoms with E-state index in [1.165, 1.54) is 12.1 Å². The fourth-order valence-corrected chi connectivity index (χ4v) is 2.56. The quantitative estimate of drug-likeness (QED) is 0.802. The summed E-state index contributed by atoms with van der Waals surface area (Å²) in [5, 5.41) is 8.25. The third kappa shape index (κ3) is 2.70.